The molecule has 0 aromatic heterocycles. The summed E-state index contributed by atoms with van der Waals surface area (Å²) in [6.07, 6.45) is 5.09. The van der Waals surface area contributed by atoms with Gasteiger partial charge in [0.05, 0.1) is 0 Å². The van der Waals surface area contributed by atoms with Gasteiger partial charge >= 0.3 is 0 Å². The Morgan fingerprint density at radius 2 is 1.12 bits per heavy atom. The molecule has 0 unspecified atom stereocenters. The summed E-state index contributed by atoms with van der Waals surface area (Å²) in [4.78, 5) is 2.71. The van der Waals surface area contributed by atoms with Crippen molar-refractivity contribution >= 4 is 0 Å². The van der Waals surface area contributed by atoms with E-state index >= 15 is 0 Å². The summed E-state index contributed by atoms with van der Waals surface area (Å²) in [5, 5.41) is 0. The van der Waals surface area contributed by atoms with E-state index in [1.54, 1.807) is 0 Å². The number of nitrogens with zero attached hydrogens (tertiary/aromatic N) is 1. The highest BCUT2D eigenvalue weighted by Crippen LogP contribution is 2.31. The lowest BCUT2D eigenvalue weighted by atomic mass is 9.85. The third kappa shape index (κ3) is 5.21. The molecule has 0 fully saturated rings. The van der Waals surface area contributed by atoms with Gasteiger partial charge in [-0.2, -0.15) is 0 Å². The van der Waals surface area contributed by atoms with Crippen LogP contribution in [0, 0.1) is 0 Å². The summed E-state index contributed by atoms with van der Waals surface area (Å²) in [5.41, 5.74) is 2.85. The first-order chi connectivity index (χ1) is 11.8. The molecule has 1 nitrogen and oxygen atoms in total. The molecule has 0 aliphatic rings. The van der Waals surface area contributed by atoms with Crippen LogP contribution in [0.25, 0.3) is 0 Å². The lowest BCUT2D eigenvalue weighted by Crippen LogP contribution is -2.39. The van der Waals surface area contributed by atoms with Crippen LogP contribution in [-0.2, 0) is 0 Å². The number of hydrogen-bond acceptors (Lipinski definition) is 1. The first-order valence-corrected chi connectivity index (χ1v) is 9.61. The summed E-state index contributed by atoms with van der Waals surface area (Å²) in [5.74, 6) is 0.432. The Bertz CT molecular complexity index is 501. The van der Waals surface area contributed by atoms with E-state index < -0.39 is 0 Å². The van der Waals surface area contributed by atoms with E-state index in [9.17, 15) is 0 Å². The Morgan fingerprint density at radius 1 is 0.708 bits per heavy atom. The van der Waals surface area contributed by atoms with Crippen molar-refractivity contribution in [1.29, 1.82) is 0 Å². The molecule has 24 heavy (non-hydrogen) atoms. The maximum Gasteiger partial charge on any atom is 0.0243 e. The minimum absolute atomic E-state index is 0.432. The summed E-state index contributed by atoms with van der Waals surface area (Å²) in [7, 11) is 0. The molecule has 0 aliphatic heterocycles. The second kappa shape index (κ2) is 10.3. The zero-order valence-electron chi connectivity index (χ0n) is 15.6. The van der Waals surface area contributed by atoms with Crippen LogP contribution in [0.2, 0.25) is 0 Å². The fraction of sp³-hybridized carbons (Fsp3) is 0.478. The van der Waals surface area contributed by atoms with E-state index in [1.807, 2.05) is 0 Å². The molecule has 0 amide bonds. The van der Waals surface area contributed by atoms with Crippen molar-refractivity contribution < 1.29 is 0 Å². The van der Waals surface area contributed by atoms with Gasteiger partial charge in [0.2, 0.25) is 0 Å². The molecular weight excluding hydrogens is 290 g/mol. The molecule has 1 atom stereocenters. The van der Waals surface area contributed by atoms with E-state index in [-0.39, 0.29) is 0 Å². The van der Waals surface area contributed by atoms with Gasteiger partial charge in [0.1, 0.15) is 0 Å². The topological polar surface area (TPSA) is 3.24 Å². The van der Waals surface area contributed by atoms with Crippen LogP contribution in [0.5, 0.6) is 0 Å². The fourth-order valence-corrected chi connectivity index (χ4v) is 3.52. The Kier molecular flexibility index (Phi) is 8.04. The van der Waals surface area contributed by atoms with E-state index in [4.69, 9.17) is 0 Å². The van der Waals surface area contributed by atoms with Gasteiger partial charge in [-0.3, -0.25) is 4.90 Å². The Balaban J connectivity index is 2.30. The lowest BCUT2D eigenvalue weighted by molar-refractivity contribution is 0.187. The summed E-state index contributed by atoms with van der Waals surface area (Å²) in [6.45, 7) is 9.39. The van der Waals surface area contributed by atoms with Gasteiger partial charge in [0.25, 0.3) is 0 Å². The number of rotatable bonds is 10. The van der Waals surface area contributed by atoms with Crippen molar-refractivity contribution in [3.8, 4) is 0 Å². The van der Waals surface area contributed by atoms with E-state index in [0.29, 0.717) is 12.0 Å². The molecule has 2 aromatic carbocycles. The molecule has 2 rings (SSSR count). The maximum atomic E-state index is 2.71. The average Bonchev–Trinajstić information content (AvgIpc) is 2.64. The molecule has 130 valence electrons. The number of unbranched alkanes of at least 4 members (excludes halogenated alkanes) is 2. The largest absolute Gasteiger partial charge is 0.300 e. The summed E-state index contributed by atoms with van der Waals surface area (Å²) < 4.78 is 0. The highest BCUT2D eigenvalue weighted by atomic mass is 15.1. The Morgan fingerprint density at radius 3 is 1.50 bits per heavy atom. The smallest absolute Gasteiger partial charge is 0.0243 e. The predicted octanol–water partition coefficient (Wildman–Crippen LogP) is 6.11. The van der Waals surface area contributed by atoms with Gasteiger partial charge < -0.3 is 0 Å². The van der Waals surface area contributed by atoms with Crippen LogP contribution in [0.15, 0.2) is 60.7 Å². The van der Waals surface area contributed by atoms with Crippen LogP contribution >= 0.6 is 0 Å². The van der Waals surface area contributed by atoms with Crippen molar-refractivity contribution in [2.24, 2.45) is 0 Å². The van der Waals surface area contributed by atoms with Crippen LogP contribution in [0.3, 0.4) is 0 Å². The molecule has 0 bridgehead atoms. The highest BCUT2D eigenvalue weighted by molar-refractivity contribution is 5.34. The zero-order valence-corrected chi connectivity index (χ0v) is 15.6. The SMILES string of the molecule is CCCCN(CCCC)[C@@H](C)C(c1ccccc1)c1ccccc1. The Labute approximate surface area is 148 Å². The van der Waals surface area contributed by atoms with Crippen molar-refractivity contribution in [3.05, 3.63) is 71.8 Å². The summed E-state index contributed by atoms with van der Waals surface area (Å²) in [6, 6.07) is 22.5. The lowest BCUT2D eigenvalue weighted by Gasteiger charge is -2.35. The molecule has 0 heterocycles. The van der Waals surface area contributed by atoms with Gasteiger partial charge in [0, 0.05) is 12.0 Å². The normalized spacial score (nSPS) is 12.7. The van der Waals surface area contributed by atoms with Gasteiger partial charge in [-0.25, -0.2) is 0 Å². The minimum atomic E-state index is 0.432. The monoisotopic (exact) mass is 323 g/mol. The third-order valence-electron chi connectivity index (χ3n) is 4.97. The Hall–Kier alpha value is -1.60. The molecule has 0 saturated carbocycles. The molecule has 0 aliphatic carbocycles. The second-order valence-electron chi connectivity index (χ2n) is 6.78. The third-order valence-corrected chi connectivity index (χ3v) is 4.97. The molecular formula is C23H33N. The van der Waals surface area contributed by atoms with Crippen LogP contribution < -0.4 is 0 Å². The second-order valence-corrected chi connectivity index (χ2v) is 6.78. The van der Waals surface area contributed by atoms with Crippen LogP contribution in [0.1, 0.15) is 63.5 Å². The molecule has 0 spiro atoms. The van der Waals surface area contributed by atoms with Crippen molar-refractivity contribution in [3.63, 3.8) is 0 Å². The van der Waals surface area contributed by atoms with E-state index in [2.05, 4.69) is 86.3 Å². The number of benzene rings is 2. The van der Waals surface area contributed by atoms with Gasteiger partial charge in [-0.1, -0.05) is 87.4 Å². The van der Waals surface area contributed by atoms with Gasteiger partial charge in [-0.05, 0) is 44.0 Å². The number of hydrogen-bond donors (Lipinski definition) is 0. The molecule has 0 saturated heterocycles. The van der Waals surface area contributed by atoms with Crippen molar-refractivity contribution in [2.45, 2.75) is 58.4 Å². The van der Waals surface area contributed by atoms with Crippen molar-refractivity contribution in [1.82, 2.24) is 4.90 Å². The fourth-order valence-electron chi connectivity index (χ4n) is 3.52. The highest BCUT2D eigenvalue weighted by Gasteiger charge is 2.25. The molecule has 0 radical (unpaired) electrons. The van der Waals surface area contributed by atoms with Crippen molar-refractivity contribution in [2.75, 3.05) is 13.1 Å². The average molecular weight is 324 g/mol. The van der Waals surface area contributed by atoms with Crippen LogP contribution in [0.4, 0.5) is 0 Å². The quantitative estimate of drug-likeness (QED) is 0.510. The predicted molar refractivity (Wildman–Crippen MR) is 106 cm³/mol. The van der Waals surface area contributed by atoms with Crippen LogP contribution in [-0.4, -0.2) is 24.0 Å². The van der Waals surface area contributed by atoms with E-state index in [0.717, 1.165) is 0 Å². The maximum absolute atomic E-state index is 2.71. The minimum Gasteiger partial charge on any atom is -0.300 e. The molecule has 0 N–H and O–H groups in total. The first-order valence-electron chi connectivity index (χ1n) is 9.61. The summed E-state index contributed by atoms with van der Waals surface area (Å²) >= 11 is 0. The molecule has 1 heteroatoms. The van der Waals surface area contributed by atoms with Gasteiger partial charge in [-0.15, -0.1) is 0 Å². The van der Waals surface area contributed by atoms with E-state index in [1.165, 1.54) is 49.9 Å². The van der Waals surface area contributed by atoms with Gasteiger partial charge in [0.15, 0.2) is 0 Å². The standard InChI is InChI=1S/C23H33N/c1-4-6-18-24(19-7-5-2)20(3)23(21-14-10-8-11-15-21)22-16-12-9-13-17-22/h8-17,20,23H,4-7,18-19H2,1-3H3/t20-/m0/s1. The molecule has 2 aromatic rings. The first kappa shape index (κ1) is 18.7. The zero-order chi connectivity index (χ0) is 17.2.